The van der Waals surface area contributed by atoms with E-state index >= 15 is 0 Å². The van der Waals surface area contributed by atoms with Gasteiger partial charge in [0.25, 0.3) is 0 Å². The highest BCUT2D eigenvalue weighted by Gasteiger charge is 2.09. The van der Waals surface area contributed by atoms with E-state index in [2.05, 4.69) is 10.6 Å². The summed E-state index contributed by atoms with van der Waals surface area (Å²) in [4.78, 5) is 13.2. The SMILES string of the molecule is O=C(NCc1ccccc1F)Nc1ccccc1-c1cccs1. The van der Waals surface area contributed by atoms with Crippen LogP contribution in [0.2, 0.25) is 0 Å². The second kappa shape index (κ2) is 7.07. The largest absolute Gasteiger partial charge is 0.334 e. The molecule has 0 radical (unpaired) electrons. The molecule has 0 atom stereocenters. The Hall–Kier alpha value is -2.66. The molecule has 3 aromatic rings. The van der Waals surface area contributed by atoms with Crippen LogP contribution in [0, 0.1) is 5.82 Å². The van der Waals surface area contributed by atoms with Crippen LogP contribution in [0.1, 0.15) is 5.56 Å². The predicted octanol–water partition coefficient (Wildman–Crippen LogP) is 4.88. The lowest BCUT2D eigenvalue weighted by atomic mass is 10.1. The molecule has 2 aromatic carbocycles. The zero-order valence-corrected chi connectivity index (χ0v) is 13.1. The Labute approximate surface area is 137 Å². The standard InChI is InChI=1S/C18H15FN2OS/c19-15-8-3-1-6-13(15)12-20-18(22)21-16-9-4-2-7-14(16)17-10-5-11-23-17/h1-11H,12H2,(H2,20,21,22). The van der Waals surface area contributed by atoms with E-state index in [0.29, 0.717) is 5.56 Å². The molecule has 5 heteroatoms. The first-order valence-corrected chi connectivity index (χ1v) is 8.03. The molecule has 0 saturated heterocycles. The van der Waals surface area contributed by atoms with Gasteiger partial charge < -0.3 is 10.6 Å². The number of amides is 2. The van der Waals surface area contributed by atoms with Crippen LogP contribution in [0.5, 0.6) is 0 Å². The van der Waals surface area contributed by atoms with Gasteiger partial charge in [-0.2, -0.15) is 0 Å². The number of urea groups is 1. The minimum absolute atomic E-state index is 0.139. The number of carbonyl (C=O) groups is 1. The topological polar surface area (TPSA) is 41.1 Å². The van der Waals surface area contributed by atoms with Gasteiger partial charge in [-0.25, -0.2) is 9.18 Å². The summed E-state index contributed by atoms with van der Waals surface area (Å²) in [7, 11) is 0. The van der Waals surface area contributed by atoms with Crippen LogP contribution < -0.4 is 10.6 Å². The van der Waals surface area contributed by atoms with E-state index in [0.717, 1.165) is 16.1 Å². The molecule has 0 aliphatic heterocycles. The number of nitrogens with one attached hydrogen (secondary N) is 2. The Kier molecular flexibility index (Phi) is 4.68. The third-order valence-corrected chi connectivity index (χ3v) is 4.26. The Morgan fingerprint density at radius 1 is 1.00 bits per heavy atom. The summed E-state index contributed by atoms with van der Waals surface area (Å²) >= 11 is 1.61. The van der Waals surface area contributed by atoms with Crippen molar-refractivity contribution in [2.75, 3.05) is 5.32 Å². The summed E-state index contributed by atoms with van der Waals surface area (Å²) < 4.78 is 13.5. The Bertz CT molecular complexity index is 802. The van der Waals surface area contributed by atoms with Crippen molar-refractivity contribution in [3.63, 3.8) is 0 Å². The zero-order valence-electron chi connectivity index (χ0n) is 12.3. The molecule has 1 heterocycles. The smallest absolute Gasteiger partial charge is 0.319 e. The Balaban J connectivity index is 1.68. The van der Waals surface area contributed by atoms with Gasteiger partial charge in [0.2, 0.25) is 0 Å². The summed E-state index contributed by atoms with van der Waals surface area (Å²) in [6.07, 6.45) is 0. The van der Waals surface area contributed by atoms with E-state index in [4.69, 9.17) is 0 Å². The highest BCUT2D eigenvalue weighted by atomic mass is 32.1. The van der Waals surface area contributed by atoms with Crippen molar-refractivity contribution in [1.82, 2.24) is 5.32 Å². The van der Waals surface area contributed by atoms with Gasteiger partial charge in [0.05, 0.1) is 5.69 Å². The molecule has 1 aromatic heterocycles. The first kappa shape index (κ1) is 15.2. The molecular formula is C18H15FN2OS. The fourth-order valence-electron chi connectivity index (χ4n) is 2.22. The Morgan fingerprint density at radius 3 is 2.57 bits per heavy atom. The lowest BCUT2D eigenvalue weighted by Gasteiger charge is -2.11. The number of hydrogen-bond acceptors (Lipinski definition) is 2. The lowest BCUT2D eigenvalue weighted by Crippen LogP contribution is -2.28. The average molecular weight is 326 g/mol. The van der Waals surface area contributed by atoms with Crippen molar-refractivity contribution in [2.45, 2.75) is 6.54 Å². The minimum Gasteiger partial charge on any atom is -0.334 e. The maximum absolute atomic E-state index is 13.5. The van der Waals surface area contributed by atoms with Crippen molar-refractivity contribution >= 4 is 23.1 Å². The molecule has 0 saturated carbocycles. The maximum atomic E-state index is 13.5. The highest BCUT2D eigenvalue weighted by Crippen LogP contribution is 2.31. The molecule has 0 unspecified atom stereocenters. The van der Waals surface area contributed by atoms with E-state index in [1.54, 1.807) is 29.5 Å². The van der Waals surface area contributed by atoms with E-state index in [1.807, 2.05) is 41.8 Å². The number of para-hydroxylation sites is 1. The molecule has 0 aliphatic rings. The van der Waals surface area contributed by atoms with Crippen LogP contribution in [0.25, 0.3) is 10.4 Å². The number of hydrogen-bond donors (Lipinski definition) is 2. The molecular weight excluding hydrogens is 311 g/mol. The first-order valence-electron chi connectivity index (χ1n) is 7.15. The second-order valence-electron chi connectivity index (χ2n) is 4.92. The molecule has 3 rings (SSSR count). The molecule has 0 aliphatic carbocycles. The van der Waals surface area contributed by atoms with Crippen molar-refractivity contribution < 1.29 is 9.18 Å². The van der Waals surface area contributed by atoms with Gasteiger partial charge in [-0.05, 0) is 23.6 Å². The van der Waals surface area contributed by atoms with Gasteiger partial charge in [0.15, 0.2) is 0 Å². The van der Waals surface area contributed by atoms with Crippen LogP contribution in [-0.2, 0) is 6.54 Å². The van der Waals surface area contributed by atoms with Crippen LogP contribution in [0.15, 0.2) is 66.0 Å². The molecule has 2 amide bonds. The van der Waals surface area contributed by atoms with Crippen LogP contribution >= 0.6 is 11.3 Å². The van der Waals surface area contributed by atoms with Gasteiger partial charge >= 0.3 is 6.03 Å². The molecule has 0 fully saturated rings. The zero-order chi connectivity index (χ0) is 16.1. The predicted molar refractivity (Wildman–Crippen MR) is 92.0 cm³/mol. The van der Waals surface area contributed by atoms with Crippen LogP contribution in [0.4, 0.5) is 14.9 Å². The van der Waals surface area contributed by atoms with Gasteiger partial charge in [0, 0.05) is 22.5 Å². The van der Waals surface area contributed by atoms with E-state index in [-0.39, 0.29) is 18.4 Å². The fraction of sp³-hybridized carbons (Fsp3) is 0.0556. The summed E-state index contributed by atoms with van der Waals surface area (Å²) in [6.45, 7) is 0.139. The first-order chi connectivity index (χ1) is 11.2. The van der Waals surface area contributed by atoms with Crippen LogP contribution in [-0.4, -0.2) is 6.03 Å². The molecule has 0 bridgehead atoms. The lowest BCUT2D eigenvalue weighted by molar-refractivity contribution is 0.251. The van der Waals surface area contributed by atoms with E-state index in [9.17, 15) is 9.18 Å². The normalized spacial score (nSPS) is 10.3. The van der Waals surface area contributed by atoms with Gasteiger partial charge in [-0.1, -0.05) is 42.5 Å². The molecule has 23 heavy (non-hydrogen) atoms. The minimum atomic E-state index is -0.364. The van der Waals surface area contributed by atoms with Gasteiger partial charge in [-0.15, -0.1) is 11.3 Å². The molecule has 0 spiro atoms. The van der Waals surface area contributed by atoms with Crippen molar-refractivity contribution in [1.29, 1.82) is 0 Å². The number of halogens is 1. The summed E-state index contributed by atoms with van der Waals surface area (Å²) in [5, 5.41) is 7.49. The van der Waals surface area contributed by atoms with E-state index < -0.39 is 0 Å². The van der Waals surface area contributed by atoms with E-state index in [1.165, 1.54) is 6.07 Å². The third-order valence-electron chi connectivity index (χ3n) is 3.36. The fourth-order valence-corrected chi connectivity index (χ4v) is 2.99. The number of thiophene rings is 1. The average Bonchev–Trinajstić information content (AvgIpc) is 3.09. The Morgan fingerprint density at radius 2 is 1.78 bits per heavy atom. The van der Waals surface area contributed by atoms with Crippen molar-refractivity contribution in [3.8, 4) is 10.4 Å². The molecule has 3 nitrogen and oxygen atoms in total. The summed E-state index contributed by atoms with van der Waals surface area (Å²) in [6, 6.07) is 17.6. The number of carbonyl (C=O) groups excluding carboxylic acids is 1. The number of anilines is 1. The van der Waals surface area contributed by atoms with Gasteiger partial charge in [0.1, 0.15) is 5.82 Å². The number of rotatable bonds is 4. The van der Waals surface area contributed by atoms with Crippen molar-refractivity contribution in [3.05, 3.63) is 77.4 Å². The summed E-state index contributed by atoms with van der Waals surface area (Å²) in [5.41, 5.74) is 2.14. The molecule has 2 N–H and O–H groups in total. The molecule has 116 valence electrons. The highest BCUT2D eigenvalue weighted by molar-refractivity contribution is 7.13. The quantitative estimate of drug-likeness (QED) is 0.705. The summed E-state index contributed by atoms with van der Waals surface area (Å²) in [5.74, 6) is -0.327. The third kappa shape index (κ3) is 3.76. The van der Waals surface area contributed by atoms with Crippen LogP contribution in [0.3, 0.4) is 0 Å². The monoisotopic (exact) mass is 326 g/mol. The maximum Gasteiger partial charge on any atom is 0.319 e. The number of benzene rings is 2. The second-order valence-corrected chi connectivity index (χ2v) is 5.87. The van der Waals surface area contributed by atoms with Crippen molar-refractivity contribution in [2.24, 2.45) is 0 Å². The van der Waals surface area contributed by atoms with Gasteiger partial charge in [-0.3, -0.25) is 0 Å².